The number of carbonyl (C=O) groups excluding carboxylic acids is 2. The van der Waals surface area contributed by atoms with Crippen LogP contribution in [0.3, 0.4) is 0 Å². The molecule has 1 aliphatic carbocycles. The second-order valence-electron chi connectivity index (χ2n) is 10.5. The quantitative estimate of drug-likeness (QED) is 0.341. The smallest absolute Gasteiger partial charge is 0.264 e. The normalized spacial score (nSPS) is 14.5. The Hall–Kier alpha value is -3.65. The fourth-order valence-corrected chi connectivity index (χ4v) is 6.89. The highest BCUT2D eigenvalue weighted by Gasteiger charge is 2.35. The molecule has 0 aromatic heterocycles. The van der Waals surface area contributed by atoms with Crippen LogP contribution in [0.4, 0.5) is 5.69 Å². The minimum atomic E-state index is -4.08. The molecule has 1 atom stereocenters. The van der Waals surface area contributed by atoms with Crippen molar-refractivity contribution in [3.8, 4) is 0 Å². The lowest BCUT2D eigenvalue weighted by Gasteiger charge is -2.34. The van der Waals surface area contributed by atoms with Crippen molar-refractivity contribution in [3.05, 3.63) is 95.6 Å². The lowest BCUT2D eigenvalue weighted by molar-refractivity contribution is -0.140. The number of amides is 2. The van der Waals surface area contributed by atoms with Gasteiger partial charge >= 0.3 is 0 Å². The topological polar surface area (TPSA) is 86.8 Å². The van der Waals surface area contributed by atoms with E-state index < -0.39 is 28.5 Å². The third-order valence-corrected chi connectivity index (χ3v) is 9.29. The molecule has 0 unspecified atom stereocenters. The number of rotatable bonds is 11. The average molecular weight is 562 g/mol. The van der Waals surface area contributed by atoms with Crippen LogP contribution in [0.15, 0.2) is 83.8 Å². The van der Waals surface area contributed by atoms with E-state index in [1.807, 2.05) is 63.2 Å². The maximum atomic E-state index is 14.2. The largest absolute Gasteiger partial charge is 0.352 e. The Morgan fingerprint density at radius 2 is 1.55 bits per heavy atom. The summed E-state index contributed by atoms with van der Waals surface area (Å²) in [7, 11) is -4.08. The van der Waals surface area contributed by atoms with Crippen LogP contribution < -0.4 is 9.62 Å². The first-order valence-electron chi connectivity index (χ1n) is 14.0. The Morgan fingerprint density at radius 3 is 2.15 bits per heavy atom. The van der Waals surface area contributed by atoms with Crippen molar-refractivity contribution < 1.29 is 18.0 Å². The Labute approximate surface area is 238 Å². The Balaban J connectivity index is 1.72. The van der Waals surface area contributed by atoms with Gasteiger partial charge in [0.15, 0.2) is 0 Å². The number of aryl methyl sites for hydroxylation is 2. The van der Waals surface area contributed by atoms with Crippen molar-refractivity contribution in [2.75, 3.05) is 10.8 Å². The van der Waals surface area contributed by atoms with Crippen LogP contribution in [-0.2, 0) is 26.2 Å². The van der Waals surface area contributed by atoms with E-state index in [0.29, 0.717) is 12.1 Å². The summed E-state index contributed by atoms with van der Waals surface area (Å²) in [6, 6.07) is 22.5. The zero-order chi connectivity index (χ0) is 28.7. The van der Waals surface area contributed by atoms with Gasteiger partial charge in [0.1, 0.15) is 12.6 Å². The molecule has 0 saturated heterocycles. The van der Waals surface area contributed by atoms with E-state index in [4.69, 9.17) is 0 Å². The van der Waals surface area contributed by atoms with Gasteiger partial charge in [0.25, 0.3) is 10.0 Å². The molecular formula is C32H39N3O4S. The summed E-state index contributed by atoms with van der Waals surface area (Å²) in [6.45, 7) is 5.43. The summed E-state index contributed by atoms with van der Waals surface area (Å²) in [5, 5.41) is 3.14. The molecule has 4 rings (SSSR count). The molecular weight excluding hydrogens is 522 g/mol. The summed E-state index contributed by atoms with van der Waals surface area (Å²) in [5.74, 6) is -0.626. The Morgan fingerprint density at radius 1 is 0.925 bits per heavy atom. The molecule has 2 amide bonds. The van der Waals surface area contributed by atoms with Gasteiger partial charge in [-0.05, 0) is 62.4 Å². The zero-order valence-corrected chi connectivity index (χ0v) is 24.4. The minimum Gasteiger partial charge on any atom is -0.352 e. The van der Waals surface area contributed by atoms with E-state index in [-0.39, 0.29) is 23.4 Å². The average Bonchev–Trinajstić information content (AvgIpc) is 3.46. The van der Waals surface area contributed by atoms with Crippen LogP contribution in [-0.4, -0.2) is 43.8 Å². The number of carbonyl (C=O) groups is 2. The summed E-state index contributed by atoms with van der Waals surface area (Å²) in [4.78, 5) is 29.3. The van der Waals surface area contributed by atoms with E-state index in [1.54, 1.807) is 24.3 Å². The molecule has 40 heavy (non-hydrogen) atoms. The maximum absolute atomic E-state index is 14.2. The summed E-state index contributed by atoms with van der Waals surface area (Å²) < 4.78 is 29.1. The summed E-state index contributed by atoms with van der Waals surface area (Å²) in [6.07, 6.45) is 4.44. The van der Waals surface area contributed by atoms with Crippen LogP contribution in [0, 0.1) is 13.8 Å². The highest BCUT2D eigenvalue weighted by molar-refractivity contribution is 7.92. The molecule has 212 valence electrons. The van der Waals surface area contributed by atoms with E-state index in [2.05, 4.69) is 5.32 Å². The highest BCUT2D eigenvalue weighted by Crippen LogP contribution is 2.28. The molecule has 0 spiro atoms. The van der Waals surface area contributed by atoms with E-state index >= 15 is 0 Å². The van der Waals surface area contributed by atoms with Crippen molar-refractivity contribution in [3.63, 3.8) is 0 Å². The monoisotopic (exact) mass is 561 g/mol. The van der Waals surface area contributed by atoms with Gasteiger partial charge in [0.2, 0.25) is 11.8 Å². The van der Waals surface area contributed by atoms with Gasteiger partial charge in [0, 0.05) is 12.6 Å². The molecule has 1 N–H and O–H groups in total. The second-order valence-corrected chi connectivity index (χ2v) is 12.4. The minimum absolute atomic E-state index is 0.100. The number of anilines is 1. The van der Waals surface area contributed by atoms with Gasteiger partial charge in [-0.2, -0.15) is 0 Å². The molecule has 0 aliphatic heterocycles. The van der Waals surface area contributed by atoms with Crippen molar-refractivity contribution in [1.29, 1.82) is 0 Å². The highest BCUT2D eigenvalue weighted by atomic mass is 32.2. The molecule has 3 aromatic rings. The maximum Gasteiger partial charge on any atom is 0.264 e. The zero-order valence-electron chi connectivity index (χ0n) is 23.5. The third-order valence-electron chi connectivity index (χ3n) is 7.51. The standard InChI is InChI=1S/C32H39N3O4S/c1-4-29(32(37)33-27-15-11-12-16-27)34(22-26-13-7-5-8-14-26)31(36)23-35(30-20-19-24(2)21-25(30)3)40(38,39)28-17-9-6-10-18-28/h5-10,13-14,17-21,27,29H,4,11-12,15-16,22-23H2,1-3H3,(H,33,37)/t29-/m0/s1. The van der Waals surface area contributed by atoms with Crippen molar-refractivity contribution in [2.45, 2.75) is 76.4 Å². The van der Waals surface area contributed by atoms with Crippen LogP contribution in [0.1, 0.15) is 55.7 Å². The van der Waals surface area contributed by atoms with Gasteiger partial charge < -0.3 is 10.2 Å². The van der Waals surface area contributed by atoms with E-state index in [1.165, 1.54) is 21.3 Å². The molecule has 0 radical (unpaired) electrons. The lowest BCUT2D eigenvalue weighted by Crippen LogP contribution is -2.53. The molecule has 0 heterocycles. The van der Waals surface area contributed by atoms with Crippen LogP contribution in [0.5, 0.6) is 0 Å². The number of sulfonamides is 1. The fraction of sp³-hybridized carbons (Fsp3) is 0.375. The first kappa shape index (κ1) is 29.3. The van der Waals surface area contributed by atoms with E-state index in [9.17, 15) is 18.0 Å². The number of benzene rings is 3. The molecule has 8 heteroatoms. The van der Waals surface area contributed by atoms with Crippen molar-refractivity contribution in [1.82, 2.24) is 10.2 Å². The van der Waals surface area contributed by atoms with Crippen molar-refractivity contribution >= 4 is 27.5 Å². The SMILES string of the molecule is CC[C@@H](C(=O)NC1CCCC1)N(Cc1ccccc1)C(=O)CN(c1ccc(C)cc1C)S(=O)(=O)c1ccccc1. The molecule has 7 nitrogen and oxygen atoms in total. The number of nitrogens with one attached hydrogen (secondary N) is 1. The van der Waals surface area contributed by atoms with Gasteiger partial charge in [-0.15, -0.1) is 0 Å². The molecule has 0 bridgehead atoms. The van der Waals surface area contributed by atoms with E-state index in [0.717, 1.165) is 42.4 Å². The van der Waals surface area contributed by atoms with Crippen LogP contribution in [0.2, 0.25) is 0 Å². The Bertz CT molecular complexity index is 1400. The first-order chi connectivity index (χ1) is 19.2. The third kappa shape index (κ3) is 6.91. The van der Waals surface area contributed by atoms with Gasteiger partial charge in [0.05, 0.1) is 10.6 Å². The van der Waals surface area contributed by atoms with Gasteiger partial charge in [-0.25, -0.2) is 8.42 Å². The predicted molar refractivity (Wildman–Crippen MR) is 158 cm³/mol. The summed E-state index contributed by atoms with van der Waals surface area (Å²) >= 11 is 0. The van der Waals surface area contributed by atoms with Crippen molar-refractivity contribution in [2.24, 2.45) is 0 Å². The molecule has 1 aliphatic rings. The fourth-order valence-electron chi connectivity index (χ4n) is 5.39. The number of hydrogen-bond donors (Lipinski definition) is 1. The second kappa shape index (κ2) is 13.1. The number of hydrogen-bond acceptors (Lipinski definition) is 4. The van der Waals surface area contributed by atoms with Crippen LogP contribution in [0.25, 0.3) is 0 Å². The predicted octanol–water partition coefficient (Wildman–Crippen LogP) is 5.36. The molecule has 3 aromatic carbocycles. The first-order valence-corrected chi connectivity index (χ1v) is 15.4. The van der Waals surface area contributed by atoms with Crippen LogP contribution >= 0.6 is 0 Å². The van der Waals surface area contributed by atoms with Gasteiger partial charge in [-0.3, -0.25) is 13.9 Å². The van der Waals surface area contributed by atoms with Gasteiger partial charge in [-0.1, -0.05) is 86.0 Å². The Kier molecular flexibility index (Phi) is 9.63. The number of nitrogens with zero attached hydrogens (tertiary/aromatic N) is 2. The lowest BCUT2D eigenvalue weighted by atomic mass is 10.1. The summed E-state index contributed by atoms with van der Waals surface area (Å²) in [5.41, 5.74) is 3.04. The molecule has 1 fully saturated rings. The molecule has 1 saturated carbocycles.